The number of hydrogen-bond acceptors (Lipinski definition) is 1. The van der Waals surface area contributed by atoms with Gasteiger partial charge in [-0.05, 0) is 32.6 Å². The second kappa shape index (κ2) is 5.54. The zero-order chi connectivity index (χ0) is 11.3. The molecule has 0 aliphatic heterocycles. The fraction of sp³-hybridized carbons (Fsp3) is 0.818. The highest BCUT2D eigenvalue weighted by Gasteiger charge is 2.26. The summed E-state index contributed by atoms with van der Waals surface area (Å²) in [6, 6.07) is 0.614. The van der Waals surface area contributed by atoms with Gasteiger partial charge in [0.25, 0.3) is 0 Å². The van der Waals surface area contributed by atoms with E-state index in [0.29, 0.717) is 12.5 Å². The van der Waals surface area contributed by atoms with Gasteiger partial charge in [0.15, 0.2) is 0 Å². The quantitative estimate of drug-likeness (QED) is 0.701. The van der Waals surface area contributed by atoms with E-state index in [0.717, 1.165) is 12.8 Å². The van der Waals surface area contributed by atoms with Crippen LogP contribution in [0.5, 0.6) is 0 Å². The maximum absolute atomic E-state index is 11.9. The molecule has 0 aromatic carbocycles. The van der Waals surface area contributed by atoms with E-state index in [2.05, 4.69) is 17.5 Å². The summed E-state index contributed by atoms with van der Waals surface area (Å²) in [5.74, 6) is 0. The summed E-state index contributed by atoms with van der Waals surface area (Å²) in [7, 11) is 0. The minimum absolute atomic E-state index is 0.178. The van der Waals surface area contributed by atoms with E-state index in [1.54, 1.807) is 0 Å². The zero-order valence-corrected chi connectivity index (χ0v) is 8.98. The Bertz CT molecular complexity index is 202. The highest BCUT2D eigenvalue weighted by Crippen LogP contribution is 2.22. The fourth-order valence-corrected chi connectivity index (χ4v) is 1.85. The van der Waals surface area contributed by atoms with Gasteiger partial charge in [0, 0.05) is 18.5 Å². The molecule has 1 nitrogen and oxygen atoms in total. The molecule has 0 saturated carbocycles. The molecular formula is C11H18F3N. The Hall–Kier alpha value is -0.510. The molecule has 1 unspecified atom stereocenters. The van der Waals surface area contributed by atoms with E-state index in [1.807, 2.05) is 6.92 Å². The van der Waals surface area contributed by atoms with Crippen LogP contribution in [0.25, 0.3) is 0 Å². The number of alkyl halides is 3. The van der Waals surface area contributed by atoms with Crippen LogP contribution in [-0.4, -0.2) is 18.3 Å². The van der Waals surface area contributed by atoms with E-state index in [-0.39, 0.29) is 12.5 Å². The lowest BCUT2D eigenvalue weighted by Crippen LogP contribution is -2.34. The molecule has 0 fully saturated rings. The van der Waals surface area contributed by atoms with Gasteiger partial charge in [-0.2, -0.15) is 13.2 Å². The number of hydrogen-bond donors (Lipinski definition) is 1. The zero-order valence-electron chi connectivity index (χ0n) is 8.98. The van der Waals surface area contributed by atoms with Crippen LogP contribution in [-0.2, 0) is 0 Å². The lowest BCUT2D eigenvalue weighted by molar-refractivity contribution is -0.135. The van der Waals surface area contributed by atoms with Crippen molar-refractivity contribution in [1.29, 1.82) is 0 Å². The van der Waals surface area contributed by atoms with Crippen LogP contribution >= 0.6 is 0 Å². The average molecular weight is 221 g/mol. The van der Waals surface area contributed by atoms with Crippen LogP contribution in [0.15, 0.2) is 12.2 Å². The standard InChI is InChI=1S/C11H18F3N/c1-9(5-4-8-11(12,13)14)15-10-6-2-3-7-10/h2-3,9-10,15H,4-8H2,1H3. The molecular weight excluding hydrogens is 203 g/mol. The van der Waals surface area contributed by atoms with Gasteiger partial charge in [0.2, 0.25) is 0 Å². The Kier molecular flexibility index (Phi) is 4.64. The summed E-state index contributed by atoms with van der Waals surface area (Å²) in [6.45, 7) is 1.95. The smallest absolute Gasteiger partial charge is 0.311 e. The Labute approximate surface area is 88.7 Å². The second-order valence-electron chi connectivity index (χ2n) is 4.21. The molecule has 4 heteroatoms. The van der Waals surface area contributed by atoms with Gasteiger partial charge in [0.05, 0.1) is 0 Å². The summed E-state index contributed by atoms with van der Waals surface area (Å²) in [5.41, 5.74) is 0. The highest BCUT2D eigenvalue weighted by molar-refractivity contribution is 4.98. The molecule has 0 aromatic heterocycles. The molecule has 1 aliphatic rings. The normalized spacial score (nSPS) is 19.7. The third kappa shape index (κ3) is 5.82. The molecule has 0 spiro atoms. The molecule has 1 N–H and O–H groups in total. The fourth-order valence-electron chi connectivity index (χ4n) is 1.85. The van der Waals surface area contributed by atoms with Gasteiger partial charge >= 0.3 is 6.18 Å². The van der Waals surface area contributed by atoms with Gasteiger partial charge in [-0.1, -0.05) is 12.2 Å². The van der Waals surface area contributed by atoms with Crippen molar-refractivity contribution in [2.24, 2.45) is 0 Å². The third-order valence-electron chi connectivity index (χ3n) is 2.63. The van der Waals surface area contributed by atoms with Crippen molar-refractivity contribution < 1.29 is 13.2 Å². The molecule has 0 radical (unpaired) electrons. The van der Waals surface area contributed by atoms with Crippen molar-refractivity contribution in [1.82, 2.24) is 5.32 Å². The predicted molar refractivity (Wildman–Crippen MR) is 54.7 cm³/mol. The Balaban J connectivity index is 2.05. The summed E-state index contributed by atoms with van der Waals surface area (Å²) >= 11 is 0. The van der Waals surface area contributed by atoms with Gasteiger partial charge in [-0.3, -0.25) is 0 Å². The molecule has 1 rings (SSSR count). The van der Waals surface area contributed by atoms with E-state index < -0.39 is 12.6 Å². The summed E-state index contributed by atoms with van der Waals surface area (Å²) in [5, 5.41) is 3.34. The van der Waals surface area contributed by atoms with E-state index in [1.165, 1.54) is 0 Å². The predicted octanol–water partition coefficient (Wildman–Crippen LogP) is 3.42. The first-order valence-corrected chi connectivity index (χ1v) is 5.45. The van der Waals surface area contributed by atoms with Crippen LogP contribution in [0.1, 0.15) is 39.0 Å². The molecule has 0 heterocycles. The van der Waals surface area contributed by atoms with Crippen molar-refractivity contribution >= 4 is 0 Å². The highest BCUT2D eigenvalue weighted by atomic mass is 19.4. The Morgan fingerprint density at radius 2 is 1.93 bits per heavy atom. The molecule has 15 heavy (non-hydrogen) atoms. The van der Waals surface area contributed by atoms with E-state index >= 15 is 0 Å². The van der Waals surface area contributed by atoms with E-state index in [9.17, 15) is 13.2 Å². The maximum Gasteiger partial charge on any atom is 0.389 e. The van der Waals surface area contributed by atoms with Crippen molar-refractivity contribution in [2.75, 3.05) is 0 Å². The van der Waals surface area contributed by atoms with Crippen LogP contribution < -0.4 is 5.32 Å². The summed E-state index contributed by atoms with van der Waals surface area (Å²) in [6.07, 6.45) is 2.37. The monoisotopic (exact) mass is 221 g/mol. The number of nitrogens with one attached hydrogen (secondary N) is 1. The Morgan fingerprint density at radius 1 is 1.33 bits per heavy atom. The van der Waals surface area contributed by atoms with Gasteiger partial charge in [-0.25, -0.2) is 0 Å². The first-order chi connectivity index (χ1) is 6.97. The molecule has 1 aliphatic carbocycles. The molecule has 0 bridgehead atoms. The van der Waals surface area contributed by atoms with Gasteiger partial charge in [0.1, 0.15) is 0 Å². The third-order valence-corrected chi connectivity index (χ3v) is 2.63. The van der Waals surface area contributed by atoms with Crippen molar-refractivity contribution in [3.63, 3.8) is 0 Å². The van der Waals surface area contributed by atoms with Crippen LogP contribution in [0.2, 0.25) is 0 Å². The first kappa shape index (κ1) is 12.6. The largest absolute Gasteiger partial charge is 0.389 e. The van der Waals surface area contributed by atoms with Crippen molar-refractivity contribution in [3.8, 4) is 0 Å². The molecule has 0 aromatic rings. The molecule has 88 valence electrons. The van der Waals surface area contributed by atoms with Gasteiger partial charge < -0.3 is 5.32 Å². The lowest BCUT2D eigenvalue weighted by atomic mass is 10.1. The molecule has 1 atom stereocenters. The first-order valence-electron chi connectivity index (χ1n) is 5.45. The number of rotatable bonds is 5. The average Bonchev–Trinajstić information content (AvgIpc) is 2.54. The second-order valence-corrected chi connectivity index (χ2v) is 4.21. The topological polar surface area (TPSA) is 12.0 Å². The Morgan fingerprint density at radius 3 is 2.47 bits per heavy atom. The maximum atomic E-state index is 11.9. The molecule has 0 saturated heterocycles. The minimum Gasteiger partial charge on any atom is -0.311 e. The minimum atomic E-state index is -4.01. The molecule has 0 amide bonds. The van der Waals surface area contributed by atoms with Crippen molar-refractivity contribution in [2.45, 2.75) is 57.3 Å². The number of halogens is 3. The van der Waals surface area contributed by atoms with Crippen LogP contribution in [0.4, 0.5) is 13.2 Å². The lowest BCUT2D eigenvalue weighted by Gasteiger charge is -2.19. The SMILES string of the molecule is CC(CCCC(F)(F)F)NC1CC=CC1. The van der Waals surface area contributed by atoms with Crippen LogP contribution in [0, 0.1) is 0 Å². The van der Waals surface area contributed by atoms with E-state index in [4.69, 9.17) is 0 Å². The van der Waals surface area contributed by atoms with Crippen molar-refractivity contribution in [3.05, 3.63) is 12.2 Å². The van der Waals surface area contributed by atoms with Gasteiger partial charge in [-0.15, -0.1) is 0 Å². The summed E-state index contributed by atoms with van der Waals surface area (Å²) in [4.78, 5) is 0. The van der Waals surface area contributed by atoms with Crippen LogP contribution in [0.3, 0.4) is 0 Å². The summed E-state index contributed by atoms with van der Waals surface area (Å²) < 4.78 is 35.6.